The Labute approximate surface area is 206 Å². The van der Waals surface area contributed by atoms with Crippen molar-refractivity contribution in [3.63, 3.8) is 0 Å². The van der Waals surface area contributed by atoms with Crippen LogP contribution in [0.5, 0.6) is 0 Å². The number of carbonyl (C=O) groups excluding carboxylic acids is 2. The van der Waals surface area contributed by atoms with E-state index in [4.69, 9.17) is 9.47 Å². The summed E-state index contributed by atoms with van der Waals surface area (Å²) < 4.78 is 11.7. The summed E-state index contributed by atoms with van der Waals surface area (Å²) in [4.78, 5) is 30.5. The van der Waals surface area contributed by atoms with Crippen LogP contribution in [0.15, 0.2) is 11.0 Å². The number of hydrogen-bond acceptors (Lipinski definition) is 8. The first kappa shape index (κ1) is 27.0. The number of aliphatic hydroxyl groups excluding tert-OH is 2. The van der Waals surface area contributed by atoms with Gasteiger partial charge in [0.05, 0.1) is 47.0 Å². The predicted octanol–water partition coefficient (Wildman–Crippen LogP) is 4.09. The van der Waals surface area contributed by atoms with Gasteiger partial charge < -0.3 is 19.7 Å². The van der Waals surface area contributed by atoms with E-state index in [1.807, 2.05) is 32.2 Å². The third-order valence-electron chi connectivity index (χ3n) is 7.41. The van der Waals surface area contributed by atoms with E-state index in [0.717, 1.165) is 35.5 Å². The number of ketones is 1. The molecule has 7 atom stereocenters. The van der Waals surface area contributed by atoms with Crippen molar-refractivity contribution in [1.82, 2.24) is 4.98 Å². The first-order valence-electron chi connectivity index (χ1n) is 12.3. The summed E-state index contributed by atoms with van der Waals surface area (Å²) in [5, 5.41) is 24.5. The molecule has 2 aliphatic heterocycles. The lowest BCUT2D eigenvalue weighted by atomic mass is 9.73. The van der Waals surface area contributed by atoms with E-state index in [2.05, 4.69) is 4.98 Å². The zero-order chi connectivity index (χ0) is 25.2. The fourth-order valence-electron chi connectivity index (χ4n) is 4.78. The van der Waals surface area contributed by atoms with Crippen LogP contribution in [-0.4, -0.2) is 57.5 Å². The minimum atomic E-state index is -1.22. The van der Waals surface area contributed by atoms with Gasteiger partial charge in [-0.2, -0.15) is 0 Å². The van der Waals surface area contributed by atoms with Crippen molar-refractivity contribution in [1.29, 1.82) is 0 Å². The highest BCUT2D eigenvalue weighted by Gasteiger charge is 2.44. The highest BCUT2D eigenvalue weighted by Crippen LogP contribution is 2.36. The van der Waals surface area contributed by atoms with Gasteiger partial charge in [0.2, 0.25) is 0 Å². The minimum absolute atomic E-state index is 0.00770. The van der Waals surface area contributed by atoms with Gasteiger partial charge in [0.1, 0.15) is 11.9 Å². The van der Waals surface area contributed by atoms with Gasteiger partial charge in [0.15, 0.2) is 0 Å². The van der Waals surface area contributed by atoms with Crippen molar-refractivity contribution in [3.8, 4) is 0 Å². The van der Waals surface area contributed by atoms with Crippen molar-refractivity contribution < 1.29 is 29.3 Å². The summed E-state index contributed by atoms with van der Waals surface area (Å²) in [6.45, 7) is 10.8. The lowest BCUT2D eigenvalue weighted by Gasteiger charge is -2.34. The number of aryl methyl sites for hydroxylation is 1. The standard InChI is InChI=1S/C26H39NO6S/c1-14-8-7-9-19-21(32-19)11-20(15(2)10-18-13-34-17(4)27-18)33-23(29)12-22(28)26(5,6)25(31)16(3)24(14)30/h10,13-14,16,19-22,24,28,30H,7-9,11-12H2,1-6H3/b15-10+/t14?,16?,19?,20?,21?,22?,24-/m0/s1. The quantitative estimate of drug-likeness (QED) is 0.472. The number of hydrogen-bond donors (Lipinski definition) is 2. The molecule has 2 fully saturated rings. The molecule has 2 aliphatic rings. The van der Waals surface area contributed by atoms with Crippen molar-refractivity contribution in [2.45, 2.75) is 104 Å². The molecule has 0 amide bonds. The Morgan fingerprint density at radius 2 is 1.91 bits per heavy atom. The van der Waals surface area contributed by atoms with Gasteiger partial charge >= 0.3 is 5.97 Å². The first-order valence-corrected chi connectivity index (χ1v) is 13.1. The van der Waals surface area contributed by atoms with Gasteiger partial charge in [0, 0.05) is 17.7 Å². The number of carbonyl (C=O) groups is 2. The molecule has 3 heterocycles. The van der Waals surface area contributed by atoms with Crippen LogP contribution in [0.2, 0.25) is 0 Å². The Morgan fingerprint density at radius 3 is 2.56 bits per heavy atom. The molecule has 7 nitrogen and oxygen atoms in total. The fraction of sp³-hybridized carbons (Fsp3) is 0.731. The van der Waals surface area contributed by atoms with E-state index >= 15 is 0 Å². The zero-order valence-corrected chi connectivity index (χ0v) is 21.9. The zero-order valence-electron chi connectivity index (χ0n) is 21.1. The third kappa shape index (κ3) is 6.53. The maximum Gasteiger partial charge on any atom is 0.309 e. The maximum atomic E-state index is 13.2. The van der Waals surface area contributed by atoms with Gasteiger partial charge in [-0.05, 0) is 44.3 Å². The van der Waals surface area contributed by atoms with E-state index in [1.54, 1.807) is 32.1 Å². The number of esters is 1. The Balaban J connectivity index is 1.81. The average Bonchev–Trinajstić information content (AvgIpc) is 3.38. The summed E-state index contributed by atoms with van der Waals surface area (Å²) in [5.74, 6) is -1.52. The molecule has 0 radical (unpaired) electrons. The summed E-state index contributed by atoms with van der Waals surface area (Å²) in [6.07, 6.45) is 2.28. The molecule has 1 aromatic heterocycles. The molecule has 34 heavy (non-hydrogen) atoms. The molecular formula is C26H39NO6S. The molecule has 1 aromatic rings. The van der Waals surface area contributed by atoms with Crippen molar-refractivity contribution in [2.75, 3.05) is 0 Å². The molecule has 0 aliphatic carbocycles. The number of thiazole rings is 1. The number of cyclic esters (lactones) is 1. The fourth-order valence-corrected chi connectivity index (χ4v) is 5.35. The minimum Gasteiger partial charge on any atom is -0.458 e. The number of fused-ring (bicyclic) bond motifs is 1. The molecule has 6 unspecified atom stereocenters. The second-order valence-electron chi connectivity index (χ2n) is 10.6. The second-order valence-corrected chi connectivity index (χ2v) is 11.7. The summed E-state index contributed by atoms with van der Waals surface area (Å²) in [6, 6.07) is 0. The van der Waals surface area contributed by atoms with E-state index in [0.29, 0.717) is 6.42 Å². The van der Waals surface area contributed by atoms with E-state index in [-0.39, 0.29) is 30.3 Å². The first-order chi connectivity index (χ1) is 15.9. The maximum absolute atomic E-state index is 13.2. The van der Waals surface area contributed by atoms with Crippen LogP contribution < -0.4 is 0 Å². The number of Topliss-reactive ketones (excluding diaryl/α,β-unsaturated/α-hetero) is 1. The molecule has 0 saturated carbocycles. The van der Waals surface area contributed by atoms with Gasteiger partial charge in [-0.15, -0.1) is 11.3 Å². The van der Waals surface area contributed by atoms with Crippen LogP contribution in [0.3, 0.4) is 0 Å². The van der Waals surface area contributed by atoms with Gasteiger partial charge in [-0.1, -0.05) is 34.1 Å². The van der Waals surface area contributed by atoms with E-state index in [1.165, 1.54) is 0 Å². The Morgan fingerprint density at radius 1 is 1.21 bits per heavy atom. The van der Waals surface area contributed by atoms with Gasteiger partial charge in [-0.25, -0.2) is 4.98 Å². The normalized spacial score (nSPS) is 36.0. The number of nitrogens with zero attached hydrogens (tertiary/aromatic N) is 1. The topological polar surface area (TPSA) is 109 Å². The lowest BCUT2D eigenvalue weighted by Crippen LogP contribution is -2.45. The molecule has 3 rings (SSSR count). The number of aromatic nitrogens is 1. The van der Waals surface area contributed by atoms with Crippen molar-refractivity contribution in [2.24, 2.45) is 17.3 Å². The van der Waals surface area contributed by atoms with Gasteiger partial charge in [0.25, 0.3) is 0 Å². The second kappa shape index (κ2) is 11.0. The number of ether oxygens (including phenoxy) is 2. The SMILES string of the molecule is C/C(=C\c1csc(C)n1)C1CC2OC2CCCC(C)[C@H](O)C(C)C(=O)C(C)(C)C(O)CC(=O)O1. The third-order valence-corrected chi connectivity index (χ3v) is 8.20. The van der Waals surface area contributed by atoms with Crippen molar-refractivity contribution >= 4 is 29.2 Å². The lowest BCUT2D eigenvalue weighted by molar-refractivity contribution is -0.154. The van der Waals surface area contributed by atoms with E-state index < -0.39 is 35.6 Å². The average molecular weight is 494 g/mol. The molecular weight excluding hydrogens is 454 g/mol. The number of aliphatic hydroxyl groups is 2. The smallest absolute Gasteiger partial charge is 0.309 e. The highest BCUT2D eigenvalue weighted by atomic mass is 32.1. The molecule has 0 aromatic carbocycles. The number of rotatable bonds is 2. The highest BCUT2D eigenvalue weighted by molar-refractivity contribution is 7.09. The van der Waals surface area contributed by atoms with Crippen LogP contribution in [0.1, 0.15) is 77.4 Å². The summed E-state index contributed by atoms with van der Waals surface area (Å²) >= 11 is 1.56. The predicted molar refractivity (Wildman–Crippen MR) is 131 cm³/mol. The molecule has 0 spiro atoms. The van der Waals surface area contributed by atoms with Crippen LogP contribution in [0, 0.1) is 24.2 Å². The molecule has 190 valence electrons. The molecule has 2 saturated heterocycles. The summed E-state index contributed by atoms with van der Waals surface area (Å²) in [5.41, 5.74) is 0.494. The number of epoxide rings is 1. The monoisotopic (exact) mass is 493 g/mol. The molecule has 2 N–H and O–H groups in total. The largest absolute Gasteiger partial charge is 0.458 e. The molecule has 0 bridgehead atoms. The van der Waals surface area contributed by atoms with Crippen molar-refractivity contribution in [3.05, 3.63) is 21.7 Å². The Bertz CT molecular complexity index is 909. The Kier molecular flexibility index (Phi) is 8.71. The van der Waals surface area contributed by atoms with Crippen LogP contribution in [0.25, 0.3) is 6.08 Å². The van der Waals surface area contributed by atoms with Crippen LogP contribution in [0.4, 0.5) is 0 Å². The molecule has 8 heteroatoms. The van der Waals surface area contributed by atoms with Gasteiger partial charge in [-0.3, -0.25) is 9.59 Å². The Hall–Kier alpha value is -1.61. The van der Waals surface area contributed by atoms with Crippen LogP contribution >= 0.6 is 11.3 Å². The van der Waals surface area contributed by atoms with Crippen LogP contribution in [-0.2, 0) is 19.1 Å². The summed E-state index contributed by atoms with van der Waals surface area (Å²) in [7, 11) is 0. The van der Waals surface area contributed by atoms with E-state index in [9.17, 15) is 19.8 Å².